The molecule has 2 aromatic rings. The van der Waals surface area contributed by atoms with E-state index in [0.717, 1.165) is 6.07 Å². The molecule has 0 fully saturated rings. The Bertz CT molecular complexity index is 817. The number of esters is 1. The molecule has 0 unspecified atom stereocenters. The fourth-order valence-corrected chi connectivity index (χ4v) is 2.36. The van der Waals surface area contributed by atoms with Gasteiger partial charge in [-0.1, -0.05) is 0 Å². The smallest absolute Gasteiger partial charge is 0.338 e. The third-order valence-corrected chi connectivity index (χ3v) is 3.57. The molecule has 0 N–H and O–H groups in total. The summed E-state index contributed by atoms with van der Waals surface area (Å²) < 4.78 is 34.1. The molecule has 1 aliphatic rings. The Labute approximate surface area is 143 Å². The predicted octanol–water partition coefficient (Wildman–Crippen LogP) is 2.65. The highest BCUT2D eigenvalue weighted by Gasteiger charge is 2.19. The molecule has 1 aliphatic heterocycles. The van der Waals surface area contributed by atoms with Crippen LogP contribution in [0.3, 0.4) is 0 Å². The Morgan fingerprint density at radius 1 is 1.08 bits per heavy atom. The van der Waals surface area contributed by atoms with Crippen LogP contribution >= 0.6 is 0 Å². The number of halogens is 1. The Kier molecular flexibility index (Phi) is 4.83. The van der Waals surface area contributed by atoms with Crippen LogP contribution in [0.4, 0.5) is 4.39 Å². The first-order chi connectivity index (χ1) is 12.1. The Morgan fingerprint density at radius 2 is 1.84 bits per heavy atom. The summed E-state index contributed by atoms with van der Waals surface area (Å²) in [6.07, 6.45) is 0. The van der Waals surface area contributed by atoms with Crippen molar-refractivity contribution in [1.29, 1.82) is 0 Å². The maximum Gasteiger partial charge on any atom is 0.338 e. The fraction of sp³-hybridized carbons (Fsp3) is 0.222. The summed E-state index contributed by atoms with van der Waals surface area (Å²) in [5, 5.41) is 0. The molecule has 130 valence electrons. The van der Waals surface area contributed by atoms with Crippen molar-refractivity contribution in [2.24, 2.45) is 0 Å². The van der Waals surface area contributed by atoms with E-state index in [2.05, 4.69) is 0 Å². The number of benzene rings is 2. The first-order valence-electron chi connectivity index (χ1n) is 7.52. The van der Waals surface area contributed by atoms with Gasteiger partial charge < -0.3 is 18.9 Å². The molecule has 0 atom stereocenters. The van der Waals surface area contributed by atoms with E-state index in [1.54, 1.807) is 6.07 Å². The topological polar surface area (TPSA) is 71.1 Å². The minimum absolute atomic E-state index is 0.0116. The summed E-state index contributed by atoms with van der Waals surface area (Å²) in [4.78, 5) is 24.3. The van der Waals surface area contributed by atoms with Crippen LogP contribution in [0.25, 0.3) is 0 Å². The van der Waals surface area contributed by atoms with E-state index in [9.17, 15) is 14.0 Å². The second kappa shape index (κ2) is 7.21. The molecular weight excluding hydrogens is 331 g/mol. The number of methoxy groups -OCH3 is 1. The zero-order valence-electron chi connectivity index (χ0n) is 13.4. The molecule has 25 heavy (non-hydrogen) atoms. The molecule has 0 bridgehead atoms. The van der Waals surface area contributed by atoms with Gasteiger partial charge in [0.2, 0.25) is 5.78 Å². The van der Waals surface area contributed by atoms with E-state index < -0.39 is 24.2 Å². The number of hydrogen-bond donors (Lipinski definition) is 0. The zero-order valence-corrected chi connectivity index (χ0v) is 13.4. The number of hydrogen-bond acceptors (Lipinski definition) is 6. The van der Waals surface area contributed by atoms with Crippen molar-refractivity contribution in [3.05, 3.63) is 53.3 Å². The number of ketones is 1. The number of rotatable bonds is 5. The van der Waals surface area contributed by atoms with Crippen LogP contribution in [0.15, 0.2) is 36.4 Å². The van der Waals surface area contributed by atoms with Crippen LogP contribution in [0, 0.1) is 5.82 Å². The molecule has 1 heterocycles. The van der Waals surface area contributed by atoms with Crippen LogP contribution in [-0.4, -0.2) is 38.7 Å². The lowest BCUT2D eigenvalue weighted by Crippen LogP contribution is -2.17. The van der Waals surface area contributed by atoms with Crippen LogP contribution in [0.2, 0.25) is 0 Å². The number of ether oxygens (including phenoxy) is 4. The van der Waals surface area contributed by atoms with Crippen LogP contribution in [0.1, 0.15) is 20.7 Å². The molecule has 3 rings (SSSR count). The average Bonchev–Trinajstić information content (AvgIpc) is 2.65. The zero-order chi connectivity index (χ0) is 17.8. The van der Waals surface area contributed by atoms with Crippen molar-refractivity contribution in [3.63, 3.8) is 0 Å². The fourth-order valence-electron chi connectivity index (χ4n) is 2.36. The Hall–Kier alpha value is -3.09. The maximum absolute atomic E-state index is 13.3. The van der Waals surface area contributed by atoms with Gasteiger partial charge in [-0.05, 0) is 36.4 Å². The monoisotopic (exact) mass is 346 g/mol. The lowest BCUT2D eigenvalue weighted by atomic mass is 10.1. The highest BCUT2D eigenvalue weighted by molar-refractivity contribution is 6.01. The average molecular weight is 346 g/mol. The van der Waals surface area contributed by atoms with Gasteiger partial charge in [0, 0.05) is 0 Å². The van der Waals surface area contributed by atoms with Gasteiger partial charge >= 0.3 is 5.97 Å². The number of carbonyl (C=O) groups is 2. The van der Waals surface area contributed by atoms with Gasteiger partial charge in [-0.25, -0.2) is 9.18 Å². The van der Waals surface area contributed by atoms with Crippen LogP contribution in [-0.2, 0) is 4.74 Å². The first-order valence-corrected chi connectivity index (χ1v) is 7.52. The quantitative estimate of drug-likeness (QED) is 0.612. The lowest BCUT2D eigenvalue weighted by molar-refractivity contribution is 0.0473. The summed E-state index contributed by atoms with van der Waals surface area (Å²) in [5.74, 6) is -0.644. The first kappa shape index (κ1) is 16.8. The van der Waals surface area contributed by atoms with Crippen molar-refractivity contribution in [1.82, 2.24) is 0 Å². The van der Waals surface area contributed by atoms with Gasteiger partial charge in [-0.15, -0.1) is 0 Å². The van der Waals surface area contributed by atoms with Gasteiger partial charge in [-0.3, -0.25) is 4.79 Å². The summed E-state index contributed by atoms with van der Waals surface area (Å²) >= 11 is 0. The van der Waals surface area contributed by atoms with Gasteiger partial charge in [0.05, 0.1) is 18.2 Å². The molecule has 0 radical (unpaired) electrons. The highest BCUT2D eigenvalue weighted by Crippen LogP contribution is 2.31. The minimum Gasteiger partial charge on any atom is -0.496 e. The number of carbonyl (C=O) groups excluding carboxylic acids is 2. The van der Waals surface area contributed by atoms with E-state index in [-0.39, 0.29) is 16.9 Å². The third-order valence-electron chi connectivity index (χ3n) is 3.57. The Morgan fingerprint density at radius 3 is 2.60 bits per heavy atom. The Balaban J connectivity index is 1.68. The normalized spacial score (nSPS) is 12.4. The molecular formula is C18H15FO6. The van der Waals surface area contributed by atoms with Crippen molar-refractivity contribution in [3.8, 4) is 17.2 Å². The summed E-state index contributed by atoms with van der Waals surface area (Å²) in [7, 11) is 1.37. The van der Waals surface area contributed by atoms with E-state index >= 15 is 0 Å². The van der Waals surface area contributed by atoms with E-state index in [1.807, 2.05) is 0 Å². The predicted molar refractivity (Wildman–Crippen MR) is 85.0 cm³/mol. The second-order valence-corrected chi connectivity index (χ2v) is 5.20. The molecule has 6 nitrogen and oxygen atoms in total. The largest absolute Gasteiger partial charge is 0.496 e. The molecule has 0 spiro atoms. The van der Waals surface area contributed by atoms with Crippen molar-refractivity contribution < 1.29 is 32.9 Å². The molecule has 0 amide bonds. The van der Waals surface area contributed by atoms with E-state index in [0.29, 0.717) is 24.7 Å². The SMILES string of the molecule is COc1ccc(F)cc1C(=O)COC(=O)c1ccc2c(c1)OCCO2. The molecule has 2 aromatic carbocycles. The van der Waals surface area contributed by atoms with Crippen LogP contribution in [0.5, 0.6) is 17.2 Å². The van der Waals surface area contributed by atoms with Crippen molar-refractivity contribution in [2.45, 2.75) is 0 Å². The van der Waals surface area contributed by atoms with Crippen molar-refractivity contribution in [2.75, 3.05) is 26.9 Å². The van der Waals surface area contributed by atoms with Gasteiger partial charge in [-0.2, -0.15) is 0 Å². The van der Waals surface area contributed by atoms with Crippen molar-refractivity contribution >= 4 is 11.8 Å². The molecule has 0 saturated carbocycles. The third kappa shape index (κ3) is 3.71. The molecule has 0 aliphatic carbocycles. The van der Waals surface area contributed by atoms with Gasteiger partial charge in [0.1, 0.15) is 24.8 Å². The summed E-state index contributed by atoms with van der Waals surface area (Å²) in [6, 6.07) is 8.16. The number of Topliss-reactive ketones (excluding diaryl/α,β-unsaturated/α-hetero) is 1. The second-order valence-electron chi connectivity index (χ2n) is 5.20. The maximum atomic E-state index is 13.3. The van der Waals surface area contributed by atoms with Gasteiger partial charge in [0.25, 0.3) is 0 Å². The molecule has 0 aromatic heterocycles. The molecule has 0 saturated heterocycles. The van der Waals surface area contributed by atoms with Crippen LogP contribution < -0.4 is 14.2 Å². The molecule has 7 heteroatoms. The minimum atomic E-state index is -0.694. The lowest BCUT2D eigenvalue weighted by Gasteiger charge is -2.18. The van der Waals surface area contributed by atoms with E-state index in [1.165, 1.54) is 31.4 Å². The van der Waals surface area contributed by atoms with Gasteiger partial charge in [0.15, 0.2) is 18.1 Å². The highest BCUT2D eigenvalue weighted by atomic mass is 19.1. The standard InChI is InChI=1S/C18H15FO6/c1-22-15-5-3-12(19)9-13(15)14(20)10-25-18(21)11-2-4-16-17(8-11)24-7-6-23-16/h2-5,8-9H,6-7,10H2,1H3. The van der Waals surface area contributed by atoms with E-state index in [4.69, 9.17) is 18.9 Å². The number of fused-ring (bicyclic) bond motifs is 1. The summed E-state index contributed by atoms with van der Waals surface area (Å²) in [6.45, 7) is 0.303. The summed E-state index contributed by atoms with van der Waals surface area (Å²) in [5.41, 5.74) is 0.237.